The van der Waals surface area contributed by atoms with Gasteiger partial charge in [0.15, 0.2) is 5.69 Å². The Morgan fingerprint density at radius 2 is 2.25 bits per heavy atom. The standard InChI is InChI=1S/C11H17N3O2/c1-6(8-4-5-8)14-7(2)13-9(10(14)12)11(15)16-3/h6,8H,4-5,12H2,1-3H3. The van der Waals surface area contributed by atoms with Crippen molar-refractivity contribution in [2.45, 2.75) is 32.7 Å². The van der Waals surface area contributed by atoms with Gasteiger partial charge in [0.05, 0.1) is 7.11 Å². The lowest BCUT2D eigenvalue weighted by atomic mass is 10.2. The molecule has 1 unspecified atom stereocenters. The number of nitrogens with zero attached hydrogens (tertiary/aromatic N) is 2. The second kappa shape index (κ2) is 3.81. The van der Waals surface area contributed by atoms with Gasteiger partial charge in [-0.1, -0.05) is 0 Å². The van der Waals surface area contributed by atoms with Gasteiger partial charge in [-0.15, -0.1) is 0 Å². The molecule has 5 nitrogen and oxygen atoms in total. The molecule has 2 rings (SSSR count). The summed E-state index contributed by atoms with van der Waals surface area (Å²) in [6.07, 6.45) is 2.46. The Bertz CT molecular complexity index is 421. The number of ether oxygens (including phenoxy) is 1. The van der Waals surface area contributed by atoms with Gasteiger partial charge in [0.2, 0.25) is 0 Å². The lowest BCUT2D eigenvalue weighted by molar-refractivity contribution is 0.0595. The first-order valence-electron chi connectivity index (χ1n) is 5.48. The van der Waals surface area contributed by atoms with E-state index in [1.807, 2.05) is 11.5 Å². The Morgan fingerprint density at radius 3 is 2.75 bits per heavy atom. The Kier molecular flexibility index (Phi) is 2.61. The van der Waals surface area contributed by atoms with E-state index < -0.39 is 5.97 Å². The third kappa shape index (κ3) is 1.66. The largest absolute Gasteiger partial charge is 0.464 e. The summed E-state index contributed by atoms with van der Waals surface area (Å²) in [6.45, 7) is 3.98. The van der Waals surface area contributed by atoms with Crippen molar-refractivity contribution < 1.29 is 9.53 Å². The number of hydrogen-bond acceptors (Lipinski definition) is 4. The zero-order chi connectivity index (χ0) is 11.9. The summed E-state index contributed by atoms with van der Waals surface area (Å²) in [7, 11) is 1.33. The van der Waals surface area contributed by atoms with Crippen LogP contribution in [-0.4, -0.2) is 22.6 Å². The zero-order valence-electron chi connectivity index (χ0n) is 9.86. The van der Waals surface area contributed by atoms with Crippen LogP contribution in [0.15, 0.2) is 0 Å². The van der Waals surface area contributed by atoms with Crippen molar-refractivity contribution in [3.8, 4) is 0 Å². The van der Waals surface area contributed by atoms with Gasteiger partial charge in [0.25, 0.3) is 0 Å². The summed E-state index contributed by atoms with van der Waals surface area (Å²) >= 11 is 0. The van der Waals surface area contributed by atoms with E-state index in [1.165, 1.54) is 20.0 Å². The number of carbonyl (C=O) groups excluding carboxylic acids is 1. The predicted octanol–water partition coefficient (Wildman–Crippen LogP) is 1.53. The van der Waals surface area contributed by atoms with Crippen molar-refractivity contribution in [1.82, 2.24) is 9.55 Å². The molecule has 1 fully saturated rings. The average Bonchev–Trinajstić information content (AvgIpc) is 3.04. The minimum Gasteiger partial charge on any atom is -0.464 e. The van der Waals surface area contributed by atoms with Gasteiger partial charge in [0.1, 0.15) is 11.6 Å². The maximum atomic E-state index is 11.4. The molecule has 0 saturated heterocycles. The highest BCUT2D eigenvalue weighted by Gasteiger charge is 2.32. The summed E-state index contributed by atoms with van der Waals surface area (Å²) in [4.78, 5) is 15.6. The van der Waals surface area contributed by atoms with Gasteiger partial charge in [-0.3, -0.25) is 0 Å². The maximum Gasteiger partial charge on any atom is 0.360 e. The van der Waals surface area contributed by atoms with Crippen LogP contribution in [0, 0.1) is 12.8 Å². The number of methoxy groups -OCH3 is 1. The average molecular weight is 223 g/mol. The molecule has 5 heteroatoms. The third-order valence-corrected chi connectivity index (χ3v) is 3.21. The molecule has 16 heavy (non-hydrogen) atoms. The van der Waals surface area contributed by atoms with Crippen molar-refractivity contribution in [2.24, 2.45) is 5.92 Å². The van der Waals surface area contributed by atoms with E-state index >= 15 is 0 Å². The topological polar surface area (TPSA) is 70.1 Å². The van der Waals surface area contributed by atoms with E-state index in [2.05, 4.69) is 16.6 Å². The fraction of sp³-hybridized carbons (Fsp3) is 0.636. The quantitative estimate of drug-likeness (QED) is 0.789. The number of hydrogen-bond donors (Lipinski definition) is 1. The van der Waals surface area contributed by atoms with E-state index in [0.29, 0.717) is 17.8 Å². The van der Waals surface area contributed by atoms with Crippen LogP contribution in [0.3, 0.4) is 0 Å². The second-order valence-corrected chi connectivity index (χ2v) is 4.33. The number of nitrogen functional groups attached to an aromatic ring is 1. The van der Waals surface area contributed by atoms with Crippen LogP contribution in [0.1, 0.15) is 42.1 Å². The molecular weight excluding hydrogens is 206 g/mol. The molecule has 0 radical (unpaired) electrons. The number of aromatic nitrogens is 2. The van der Waals surface area contributed by atoms with Gasteiger partial charge in [-0.25, -0.2) is 9.78 Å². The molecule has 1 aromatic rings. The van der Waals surface area contributed by atoms with Crippen molar-refractivity contribution in [3.05, 3.63) is 11.5 Å². The van der Waals surface area contributed by atoms with Gasteiger partial charge >= 0.3 is 5.97 Å². The van der Waals surface area contributed by atoms with E-state index in [-0.39, 0.29) is 5.69 Å². The fourth-order valence-corrected chi connectivity index (χ4v) is 2.11. The Balaban J connectivity index is 2.37. The van der Waals surface area contributed by atoms with Gasteiger partial charge < -0.3 is 15.0 Å². The molecule has 0 bridgehead atoms. The van der Waals surface area contributed by atoms with Crippen molar-refractivity contribution in [3.63, 3.8) is 0 Å². The molecule has 0 aromatic carbocycles. The number of aryl methyl sites for hydroxylation is 1. The Morgan fingerprint density at radius 1 is 1.62 bits per heavy atom. The van der Waals surface area contributed by atoms with E-state index in [4.69, 9.17) is 5.73 Å². The van der Waals surface area contributed by atoms with E-state index in [9.17, 15) is 4.79 Å². The number of anilines is 1. The molecule has 88 valence electrons. The van der Waals surface area contributed by atoms with Crippen LogP contribution < -0.4 is 5.73 Å². The first kappa shape index (κ1) is 11.0. The van der Waals surface area contributed by atoms with Crippen LogP contribution >= 0.6 is 0 Å². The number of nitrogens with two attached hydrogens (primary N) is 1. The Hall–Kier alpha value is -1.52. The third-order valence-electron chi connectivity index (χ3n) is 3.21. The molecule has 1 heterocycles. The summed E-state index contributed by atoms with van der Waals surface area (Å²) < 4.78 is 6.58. The Labute approximate surface area is 94.6 Å². The van der Waals surface area contributed by atoms with Crippen LogP contribution in [0.4, 0.5) is 5.82 Å². The maximum absolute atomic E-state index is 11.4. The molecule has 2 N–H and O–H groups in total. The van der Waals surface area contributed by atoms with Crippen molar-refractivity contribution in [2.75, 3.05) is 12.8 Å². The monoisotopic (exact) mass is 223 g/mol. The van der Waals surface area contributed by atoms with E-state index in [0.717, 1.165) is 5.82 Å². The van der Waals surface area contributed by atoms with Crippen molar-refractivity contribution >= 4 is 11.8 Å². The summed E-state index contributed by atoms with van der Waals surface area (Å²) in [5, 5.41) is 0. The molecule has 1 saturated carbocycles. The van der Waals surface area contributed by atoms with Crippen LogP contribution in [0.5, 0.6) is 0 Å². The lowest BCUT2D eigenvalue weighted by Crippen LogP contribution is -2.13. The zero-order valence-corrected chi connectivity index (χ0v) is 9.86. The van der Waals surface area contributed by atoms with Gasteiger partial charge in [-0.2, -0.15) is 0 Å². The predicted molar refractivity (Wildman–Crippen MR) is 60.2 cm³/mol. The minimum atomic E-state index is -0.470. The molecule has 1 aliphatic carbocycles. The summed E-state index contributed by atoms with van der Waals surface area (Å²) in [6, 6.07) is 0.311. The number of carbonyl (C=O) groups is 1. The number of esters is 1. The van der Waals surface area contributed by atoms with E-state index in [1.54, 1.807) is 0 Å². The first-order chi connectivity index (χ1) is 7.56. The fourth-order valence-electron chi connectivity index (χ4n) is 2.11. The van der Waals surface area contributed by atoms with Crippen LogP contribution in [-0.2, 0) is 4.74 Å². The molecule has 0 amide bonds. The first-order valence-corrected chi connectivity index (χ1v) is 5.48. The molecule has 1 aromatic heterocycles. The van der Waals surface area contributed by atoms with Crippen molar-refractivity contribution in [1.29, 1.82) is 0 Å². The molecule has 0 aliphatic heterocycles. The minimum absolute atomic E-state index is 0.229. The molecule has 0 spiro atoms. The molecule has 1 aliphatic rings. The van der Waals surface area contributed by atoms with Gasteiger partial charge in [-0.05, 0) is 32.6 Å². The summed E-state index contributed by atoms with van der Waals surface area (Å²) in [5.74, 6) is 1.39. The SMILES string of the molecule is COC(=O)c1nc(C)n(C(C)C2CC2)c1N. The second-order valence-electron chi connectivity index (χ2n) is 4.33. The molecular formula is C11H17N3O2. The molecule has 1 atom stereocenters. The number of imidazole rings is 1. The van der Waals surface area contributed by atoms with Gasteiger partial charge in [0, 0.05) is 6.04 Å². The highest BCUT2D eigenvalue weighted by molar-refractivity contribution is 5.92. The summed E-state index contributed by atoms with van der Waals surface area (Å²) in [5.41, 5.74) is 6.18. The van der Waals surface area contributed by atoms with Crippen LogP contribution in [0.25, 0.3) is 0 Å². The normalized spacial score (nSPS) is 17.2. The highest BCUT2D eigenvalue weighted by atomic mass is 16.5. The van der Waals surface area contributed by atoms with Crippen LogP contribution in [0.2, 0.25) is 0 Å². The highest BCUT2D eigenvalue weighted by Crippen LogP contribution is 2.41. The number of rotatable bonds is 3. The smallest absolute Gasteiger partial charge is 0.360 e. The lowest BCUT2D eigenvalue weighted by Gasteiger charge is -2.15.